The highest BCUT2D eigenvalue weighted by atomic mass is 16.5. The summed E-state index contributed by atoms with van der Waals surface area (Å²) in [5, 5.41) is 0. The molecule has 4 heteroatoms. The van der Waals surface area contributed by atoms with Gasteiger partial charge in [0.1, 0.15) is 6.17 Å². The van der Waals surface area contributed by atoms with Crippen LogP contribution < -0.4 is 0 Å². The maximum atomic E-state index is 5.53. The summed E-state index contributed by atoms with van der Waals surface area (Å²) >= 11 is 0. The number of nitrogens with zero attached hydrogens (tertiary/aromatic N) is 3. The summed E-state index contributed by atoms with van der Waals surface area (Å²) in [4.78, 5) is 11.2. The molecule has 2 aliphatic rings. The van der Waals surface area contributed by atoms with Gasteiger partial charge in [-0.15, -0.1) is 0 Å². The van der Waals surface area contributed by atoms with E-state index in [9.17, 15) is 0 Å². The van der Waals surface area contributed by atoms with Crippen molar-refractivity contribution in [3.05, 3.63) is 0 Å². The Morgan fingerprint density at radius 3 is 2.78 bits per heavy atom. The van der Waals surface area contributed by atoms with Crippen LogP contribution in [0.15, 0.2) is 9.98 Å². The van der Waals surface area contributed by atoms with Crippen molar-refractivity contribution in [1.29, 1.82) is 0 Å². The van der Waals surface area contributed by atoms with Gasteiger partial charge in [0.15, 0.2) is 0 Å². The molecule has 4 nitrogen and oxygen atoms in total. The zero-order valence-electron chi connectivity index (χ0n) is 11.6. The number of hydrogen-bond acceptors (Lipinski definition) is 4. The Labute approximate surface area is 110 Å². The van der Waals surface area contributed by atoms with Crippen LogP contribution in [0.4, 0.5) is 0 Å². The van der Waals surface area contributed by atoms with E-state index in [2.05, 4.69) is 34.7 Å². The summed E-state index contributed by atoms with van der Waals surface area (Å²) in [7, 11) is 0. The standard InChI is InChI=1S/C14H25N3O/c1-12-10-17(8-9-18-12)13(2)15-11-16-14-6-4-3-5-7-14/h12-14H,3-10H2,1-2H3. The molecular weight excluding hydrogens is 226 g/mol. The Kier molecular flexibility index (Phi) is 5.36. The maximum Gasteiger partial charge on any atom is 0.110 e. The molecule has 0 spiro atoms. The Morgan fingerprint density at radius 2 is 2.06 bits per heavy atom. The minimum Gasteiger partial charge on any atom is -0.376 e. The van der Waals surface area contributed by atoms with Crippen LogP contribution in [0.5, 0.6) is 0 Å². The monoisotopic (exact) mass is 251 g/mol. The molecule has 18 heavy (non-hydrogen) atoms. The van der Waals surface area contributed by atoms with E-state index < -0.39 is 0 Å². The molecule has 0 amide bonds. The number of aliphatic imine (C=N–C) groups is 2. The molecule has 0 N–H and O–H groups in total. The van der Waals surface area contributed by atoms with Crippen molar-refractivity contribution < 1.29 is 4.74 Å². The first-order valence-electron chi connectivity index (χ1n) is 7.26. The molecule has 1 aliphatic heterocycles. The molecule has 0 aromatic carbocycles. The van der Waals surface area contributed by atoms with Crippen molar-refractivity contribution in [2.24, 2.45) is 9.98 Å². The lowest BCUT2D eigenvalue weighted by molar-refractivity contribution is -0.0300. The predicted molar refractivity (Wildman–Crippen MR) is 73.2 cm³/mol. The molecular formula is C14H25N3O. The van der Waals surface area contributed by atoms with Crippen LogP contribution in [-0.2, 0) is 4.74 Å². The molecule has 2 atom stereocenters. The third-order valence-corrected chi connectivity index (χ3v) is 3.86. The van der Waals surface area contributed by atoms with Gasteiger partial charge in [-0.3, -0.25) is 4.90 Å². The SMILES string of the molecule is CC1CN(C(C)N=C=NC2CCCCC2)CCO1. The minimum atomic E-state index is 0.170. The molecule has 0 aromatic rings. The van der Waals surface area contributed by atoms with Gasteiger partial charge in [0.05, 0.1) is 24.8 Å². The van der Waals surface area contributed by atoms with Gasteiger partial charge < -0.3 is 4.74 Å². The smallest absolute Gasteiger partial charge is 0.110 e. The van der Waals surface area contributed by atoms with Crippen LogP contribution in [0.1, 0.15) is 46.0 Å². The van der Waals surface area contributed by atoms with Crippen molar-refractivity contribution in [2.45, 2.75) is 64.3 Å². The van der Waals surface area contributed by atoms with Gasteiger partial charge in [-0.25, -0.2) is 9.98 Å². The molecule has 2 fully saturated rings. The van der Waals surface area contributed by atoms with Crippen LogP contribution in [0.2, 0.25) is 0 Å². The van der Waals surface area contributed by atoms with E-state index >= 15 is 0 Å². The minimum absolute atomic E-state index is 0.170. The molecule has 2 rings (SSSR count). The van der Waals surface area contributed by atoms with Crippen LogP contribution in [0.25, 0.3) is 0 Å². The normalized spacial score (nSPS) is 28.4. The lowest BCUT2D eigenvalue weighted by Crippen LogP contribution is -2.45. The number of rotatable bonds is 3. The number of hydrogen-bond donors (Lipinski definition) is 0. The van der Waals surface area contributed by atoms with Gasteiger partial charge in [0, 0.05) is 13.1 Å². The van der Waals surface area contributed by atoms with E-state index in [1.165, 1.54) is 32.1 Å². The first-order valence-corrected chi connectivity index (χ1v) is 7.26. The Bertz CT molecular complexity index is 306. The highest BCUT2D eigenvalue weighted by Crippen LogP contribution is 2.19. The second-order valence-electron chi connectivity index (χ2n) is 5.46. The van der Waals surface area contributed by atoms with Crippen molar-refractivity contribution in [3.8, 4) is 0 Å². The zero-order chi connectivity index (χ0) is 12.8. The molecule has 1 saturated carbocycles. The van der Waals surface area contributed by atoms with E-state index in [0.717, 1.165) is 19.7 Å². The van der Waals surface area contributed by atoms with E-state index in [-0.39, 0.29) is 6.17 Å². The fraction of sp³-hybridized carbons (Fsp3) is 0.929. The van der Waals surface area contributed by atoms with Crippen molar-refractivity contribution in [3.63, 3.8) is 0 Å². The largest absolute Gasteiger partial charge is 0.376 e. The summed E-state index contributed by atoms with van der Waals surface area (Å²) < 4.78 is 5.53. The lowest BCUT2D eigenvalue weighted by atomic mass is 9.96. The highest BCUT2D eigenvalue weighted by Gasteiger charge is 2.20. The van der Waals surface area contributed by atoms with Gasteiger partial charge in [0.2, 0.25) is 0 Å². The molecule has 1 saturated heterocycles. The third-order valence-electron chi connectivity index (χ3n) is 3.86. The fourth-order valence-electron chi connectivity index (χ4n) is 2.68. The van der Waals surface area contributed by atoms with Gasteiger partial charge in [0.25, 0.3) is 0 Å². The topological polar surface area (TPSA) is 37.2 Å². The molecule has 0 radical (unpaired) electrons. The second kappa shape index (κ2) is 7.03. The van der Waals surface area contributed by atoms with Crippen molar-refractivity contribution in [2.75, 3.05) is 19.7 Å². The zero-order valence-corrected chi connectivity index (χ0v) is 11.6. The van der Waals surface area contributed by atoms with Crippen LogP contribution in [0, 0.1) is 0 Å². The van der Waals surface area contributed by atoms with E-state index in [1.807, 2.05) is 0 Å². The van der Waals surface area contributed by atoms with Crippen LogP contribution >= 0.6 is 0 Å². The molecule has 1 heterocycles. The predicted octanol–water partition coefficient (Wildman–Crippen LogP) is 2.56. The summed E-state index contributed by atoms with van der Waals surface area (Å²) in [6.07, 6.45) is 6.90. The first kappa shape index (κ1) is 13.7. The van der Waals surface area contributed by atoms with Crippen LogP contribution in [0.3, 0.4) is 0 Å². The highest BCUT2D eigenvalue weighted by molar-refractivity contribution is 5.42. The van der Waals surface area contributed by atoms with Gasteiger partial charge in [-0.2, -0.15) is 0 Å². The molecule has 102 valence electrons. The number of ether oxygens (including phenoxy) is 1. The first-order chi connectivity index (χ1) is 8.75. The average molecular weight is 251 g/mol. The van der Waals surface area contributed by atoms with Crippen molar-refractivity contribution >= 4 is 6.01 Å². The average Bonchev–Trinajstić information content (AvgIpc) is 2.40. The molecule has 0 aromatic heterocycles. The summed E-state index contributed by atoms with van der Waals surface area (Å²) in [5.74, 6) is 0. The maximum absolute atomic E-state index is 5.53. The number of morpholine rings is 1. The van der Waals surface area contributed by atoms with Gasteiger partial charge in [-0.1, -0.05) is 19.3 Å². The third kappa shape index (κ3) is 4.20. The van der Waals surface area contributed by atoms with E-state index in [0.29, 0.717) is 12.1 Å². The van der Waals surface area contributed by atoms with E-state index in [1.54, 1.807) is 0 Å². The lowest BCUT2D eigenvalue weighted by Gasteiger charge is -2.33. The Hall–Kier alpha value is -0.700. The van der Waals surface area contributed by atoms with E-state index in [4.69, 9.17) is 4.74 Å². The summed E-state index contributed by atoms with van der Waals surface area (Å²) in [5.41, 5.74) is 0. The Balaban J connectivity index is 1.81. The Morgan fingerprint density at radius 1 is 1.28 bits per heavy atom. The molecule has 1 aliphatic carbocycles. The molecule has 2 unspecified atom stereocenters. The van der Waals surface area contributed by atoms with Gasteiger partial charge in [-0.05, 0) is 26.7 Å². The van der Waals surface area contributed by atoms with Crippen molar-refractivity contribution in [1.82, 2.24) is 4.90 Å². The molecule has 0 bridgehead atoms. The quantitative estimate of drug-likeness (QED) is 0.723. The van der Waals surface area contributed by atoms with Crippen LogP contribution in [-0.4, -0.2) is 48.9 Å². The fourth-order valence-corrected chi connectivity index (χ4v) is 2.68. The summed E-state index contributed by atoms with van der Waals surface area (Å²) in [6.45, 7) is 6.94. The van der Waals surface area contributed by atoms with Gasteiger partial charge >= 0.3 is 0 Å². The summed E-state index contributed by atoms with van der Waals surface area (Å²) in [6, 6.07) is 3.41. The second-order valence-corrected chi connectivity index (χ2v) is 5.46.